The van der Waals surface area contributed by atoms with E-state index >= 15 is 0 Å². The lowest BCUT2D eigenvalue weighted by Gasteiger charge is -2.08. The lowest BCUT2D eigenvalue weighted by molar-refractivity contribution is -0.384. The van der Waals surface area contributed by atoms with E-state index in [2.05, 4.69) is 5.32 Å². The number of hydrogen-bond donors (Lipinski definition) is 2. The van der Waals surface area contributed by atoms with Gasteiger partial charge in [0, 0.05) is 13.2 Å². The second-order valence-corrected chi connectivity index (χ2v) is 3.39. The van der Waals surface area contributed by atoms with E-state index in [-0.39, 0.29) is 11.3 Å². The predicted octanol–water partition coefficient (Wildman–Crippen LogP) is 1.74. The van der Waals surface area contributed by atoms with E-state index in [0.717, 1.165) is 0 Å². The van der Waals surface area contributed by atoms with Crippen LogP contribution in [0.15, 0.2) is 18.2 Å². The smallest absolute Gasteiger partial charge is 0.342 e. The molecule has 98 valence electrons. The molecule has 1 aromatic rings. The van der Waals surface area contributed by atoms with Crippen LogP contribution in [0.2, 0.25) is 0 Å². The molecule has 0 aromatic heterocycles. The highest BCUT2D eigenvalue weighted by atomic mass is 16.6. The summed E-state index contributed by atoms with van der Waals surface area (Å²) < 4.78 is 5.08. The van der Waals surface area contributed by atoms with E-state index in [1.54, 1.807) is 0 Å². The molecule has 7 nitrogen and oxygen atoms in total. The van der Waals surface area contributed by atoms with Crippen molar-refractivity contribution in [3.8, 4) is 0 Å². The van der Waals surface area contributed by atoms with Crippen molar-refractivity contribution in [2.75, 3.05) is 25.1 Å². The molecule has 2 N–H and O–H groups in total. The highest BCUT2D eigenvalue weighted by Crippen LogP contribution is 2.28. The maximum atomic E-state index is 10.9. The average molecular weight is 254 g/mol. The molecule has 0 aliphatic carbocycles. The van der Waals surface area contributed by atoms with Gasteiger partial charge >= 0.3 is 11.7 Å². The molecule has 0 bridgehead atoms. The minimum absolute atomic E-state index is 0.180. The van der Waals surface area contributed by atoms with Crippen LogP contribution in [0.1, 0.15) is 17.3 Å². The fourth-order valence-electron chi connectivity index (χ4n) is 1.46. The Morgan fingerprint density at radius 3 is 2.83 bits per heavy atom. The normalized spacial score (nSPS) is 10.1. The third-order valence-corrected chi connectivity index (χ3v) is 2.21. The number of nitrogens with one attached hydrogen (secondary N) is 1. The summed E-state index contributed by atoms with van der Waals surface area (Å²) in [6.45, 7) is 3.16. The molecule has 0 fully saturated rings. The molecule has 0 saturated heterocycles. The highest BCUT2D eigenvalue weighted by Gasteiger charge is 2.23. The molecule has 18 heavy (non-hydrogen) atoms. The summed E-state index contributed by atoms with van der Waals surface area (Å²) >= 11 is 0. The SMILES string of the molecule is CCOCCNc1cccc(C(=O)O)c1[N+](=O)[O-]. The summed E-state index contributed by atoms with van der Waals surface area (Å²) in [5.74, 6) is -1.32. The van der Waals surface area contributed by atoms with Crippen molar-refractivity contribution < 1.29 is 19.6 Å². The van der Waals surface area contributed by atoms with Gasteiger partial charge in [0.2, 0.25) is 0 Å². The molecule has 0 unspecified atom stereocenters. The summed E-state index contributed by atoms with van der Waals surface area (Å²) in [7, 11) is 0. The summed E-state index contributed by atoms with van der Waals surface area (Å²) in [4.78, 5) is 21.1. The number of nitro benzene ring substituents is 1. The van der Waals surface area contributed by atoms with Gasteiger partial charge in [0.15, 0.2) is 0 Å². The van der Waals surface area contributed by atoms with Crippen LogP contribution in [0, 0.1) is 10.1 Å². The minimum atomic E-state index is -1.32. The van der Waals surface area contributed by atoms with Crippen molar-refractivity contribution in [1.82, 2.24) is 0 Å². The Labute approximate surface area is 104 Å². The first-order valence-electron chi connectivity index (χ1n) is 5.40. The Balaban J connectivity index is 2.93. The second kappa shape index (κ2) is 6.55. The number of hydrogen-bond acceptors (Lipinski definition) is 5. The highest BCUT2D eigenvalue weighted by molar-refractivity contribution is 5.95. The van der Waals surface area contributed by atoms with Gasteiger partial charge in [0.25, 0.3) is 0 Å². The molecule has 0 aliphatic heterocycles. The van der Waals surface area contributed by atoms with Crippen LogP contribution < -0.4 is 5.32 Å². The van der Waals surface area contributed by atoms with Crippen LogP contribution in [0.4, 0.5) is 11.4 Å². The lowest BCUT2D eigenvalue weighted by Crippen LogP contribution is -2.12. The van der Waals surface area contributed by atoms with Crippen LogP contribution in [0.3, 0.4) is 0 Å². The number of benzene rings is 1. The second-order valence-electron chi connectivity index (χ2n) is 3.39. The van der Waals surface area contributed by atoms with Crippen molar-refractivity contribution in [3.05, 3.63) is 33.9 Å². The maximum Gasteiger partial charge on any atom is 0.342 e. The first-order chi connectivity index (χ1) is 8.57. The van der Waals surface area contributed by atoms with E-state index in [9.17, 15) is 14.9 Å². The fourth-order valence-corrected chi connectivity index (χ4v) is 1.46. The average Bonchev–Trinajstić information content (AvgIpc) is 2.33. The number of ether oxygens (including phenoxy) is 1. The zero-order chi connectivity index (χ0) is 13.5. The molecule has 0 spiro atoms. The van der Waals surface area contributed by atoms with Crippen molar-refractivity contribution >= 4 is 17.3 Å². The molecule has 0 amide bonds. The summed E-state index contributed by atoms with van der Waals surface area (Å²) in [5.41, 5.74) is -0.581. The van der Waals surface area contributed by atoms with Gasteiger partial charge in [-0.2, -0.15) is 0 Å². The number of aromatic carboxylic acids is 1. The van der Waals surface area contributed by atoms with E-state index in [1.807, 2.05) is 6.92 Å². The van der Waals surface area contributed by atoms with Crippen LogP contribution in [-0.2, 0) is 4.74 Å². The number of carboxylic acid groups (broad SMARTS) is 1. The predicted molar refractivity (Wildman–Crippen MR) is 65.0 cm³/mol. The van der Waals surface area contributed by atoms with Crippen LogP contribution in [0.5, 0.6) is 0 Å². The molecule has 0 aliphatic rings. The summed E-state index contributed by atoms with van der Waals surface area (Å²) in [5, 5.41) is 22.6. The zero-order valence-corrected chi connectivity index (χ0v) is 9.88. The van der Waals surface area contributed by atoms with Gasteiger partial charge in [-0.25, -0.2) is 4.79 Å². The molecule has 1 aromatic carbocycles. The number of rotatable bonds is 7. The minimum Gasteiger partial charge on any atom is -0.477 e. The molecule has 7 heteroatoms. The van der Waals surface area contributed by atoms with Gasteiger partial charge in [-0.05, 0) is 19.1 Å². The molecule has 0 saturated carbocycles. The Hall–Kier alpha value is -2.15. The van der Waals surface area contributed by atoms with Crippen LogP contribution >= 0.6 is 0 Å². The Kier molecular flexibility index (Phi) is 5.06. The number of para-hydroxylation sites is 1. The van der Waals surface area contributed by atoms with Gasteiger partial charge in [-0.1, -0.05) is 6.07 Å². The van der Waals surface area contributed by atoms with Crippen molar-refractivity contribution in [2.24, 2.45) is 0 Å². The van der Waals surface area contributed by atoms with E-state index < -0.39 is 16.6 Å². The van der Waals surface area contributed by atoms with E-state index in [1.165, 1.54) is 18.2 Å². The first kappa shape index (κ1) is 13.9. The van der Waals surface area contributed by atoms with Crippen LogP contribution in [-0.4, -0.2) is 35.8 Å². The van der Waals surface area contributed by atoms with E-state index in [0.29, 0.717) is 19.8 Å². The Bertz CT molecular complexity index is 447. The van der Waals surface area contributed by atoms with Crippen LogP contribution in [0.25, 0.3) is 0 Å². The van der Waals surface area contributed by atoms with Gasteiger partial charge in [-0.15, -0.1) is 0 Å². The summed E-state index contributed by atoms with van der Waals surface area (Å²) in [6, 6.07) is 4.13. The molecule has 0 atom stereocenters. The topological polar surface area (TPSA) is 102 Å². The van der Waals surface area contributed by atoms with Gasteiger partial charge in [0.05, 0.1) is 11.5 Å². The third-order valence-electron chi connectivity index (χ3n) is 2.21. The standard InChI is InChI=1S/C11H14N2O5/c1-2-18-7-6-12-9-5-3-4-8(11(14)15)10(9)13(16)17/h3-5,12H,2,6-7H2,1H3,(H,14,15). The van der Waals surface area contributed by atoms with Crippen molar-refractivity contribution in [1.29, 1.82) is 0 Å². The van der Waals surface area contributed by atoms with E-state index in [4.69, 9.17) is 9.84 Å². The Morgan fingerprint density at radius 1 is 1.56 bits per heavy atom. The van der Waals surface area contributed by atoms with Gasteiger partial charge in [0.1, 0.15) is 11.3 Å². The summed E-state index contributed by atoms with van der Waals surface area (Å²) in [6.07, 6.45) is 0. The van der Waals surface area contributed by atoms with Gasteiger partial charge < -0.3 is 15.2 Å². The number of carboxylic acids is 1. The molecule has 0 heterocycles. The Morgan fingerprint density at radius 2 is 2.28 bits per heavy atom. The monoisotopic (exact) mass is 254 g/mol. The number of nitrogens with zero attached hydrogens (tertiary/aromatic N) is 1. The maximum absolute atomic E-state index is 10.9. The van der Waals surface area contributed by atoms with Gasteiger partial charge in [-0.3, -0.25) is 10.1 Å². The molecule has 0 radical (unpaired) electrons. The van der Waals surface area contributed by atoms with Crippen molar-refractivity contribution in [2.45, 2.75) is 6.92 Å². The molecule has 1 rings (SSSR count). The largest absolute Gasteiger partial charge is 0.477 e. The molecular formula is C11H14N2O5. The first-order valence-corrected chi connectivity index (χ1v) is 5.40. The quantitative estimate of drug-likeness (QED) is 0.436. The van der Waals surface area contributed by atoms with Crippen molar-refractivity contribution in [3.63, 3.8) is 0 Å². The number of carbonyl (C=O) groups is 1. The third kappa shape index (κ3) is 3.42. The number of anilines is 1. The fraction of sp³-hybridized carbons (Fsp3) is 0.364. The zero-order valence-electron chi connectivity index (χ0n) is 9.88. The lowest BCUT2D eigenvalue weighted by atomic mass is 10.1. The number of nitro groups is 1. The molecular weight excluding hydrogens is 240 g/mol.